The van der Waals surface area contributed by atoms with E-state index in [4.69, 9.17) is 4.74 Å². The normalized spacial score (nSPS) is 18.2. The molecule has 1 aromatic carbocycles. The van der Waals surface area contributed by atoms with Gasteiger partial charge in [-0.25, -0.2) is 0 Å². The number of nitrogens with zero attached hydrogens (tertiary/aromatic N) is 1. The summed E-state index contributed by atoms with van der Waals surface area (Å²) in [7, 11) is 1.58. The number of hydrogen-bond donors (Lipinski definition) is 1. The fourth-order valence-electron chi connectivity index (χ4n) is 2.58. The van der Waals surface area contributed by atoms with E-state index in [0.29, 0.717) is 24.3 Å². The molecule has 1 unspecified atom stereocenters. The summed E-state index contributed by atoms with van der Waals surface area (Å²) in [6.45, 7) is 3.25. The molecule has 2 rings (SSSR count). The molecule has 0 aromatic heterocycles. The number of hydrogen-bond acceptors (Lipinski definition) is 3. The molecule has 0 aliphatic carbocycles. The maximum absolute atomic E-state index is 12.3. The molecule has 1 N–H and O–H groups in total. The molecule has 2 amide bonds. The fourth-order valence-corrected chi connectivity index (χ4v) is 2.58. The Kier molecular flexibility index (Phi) is 5.20. The molecule has 0 bridgehead atoms. The quantitative estimate of drug-likeness (QED) is 0.920. The summed E-state index contributed by atoms with van der Waals surface area (Å²) in [5.74, 6) is 0.689. The van der Waals surface area contributed by atoms with E-state index in [0.717, 1.165) is 19.4 Å². The molecule has 114 valence electrons. The Hall–Kier alpha value is -2.04. The molecule has 0 radical (unpaired) electrons. The van der Waals surface area contributed by atoms with E-state index >= 15 is 0 Å². The van der Waals surface area contributed by atoms with Gasteiger partial charge in [0.25, 0.3) is 5.91 Å². The van der Waals surface area contributed by atoms with Crippen LogP contribution in [0, 0.1) is 0 Å². The second-order valence-corrected chi connectivity index (χ2v) is 5.24. The molecule has 1 aromatic rings. The van der Waals surface area contributed by atoms with Crippen LogP contribution in [0.5, 0.6) is 5.75 Å². The van der Waals surface area contributed by atoms with E-state index in [9.17, 15) is 9.59 Å². The van der Waals surface area contributed by atoms with Crippen molar-refractivity contribution in [1.29, 1.82) is 0 Å². The molecule has 1 aliphatic heterocycles. The number of carbonyl (C=O) groups excluding carboxylic acids is 2. The maximum Gasteiger partial charge on any atom is 0.251 e. The SMILES string of the molecule is CCC(=O)N1CCCC(NC(=O)c2cccc(OC)c2)C1. The van der Waals surface area contributed by atoms with Crippen molar-refractivity contribution in [2.24, 2.45) is 0 Å². The van der Waals surface area contributed by atoms with Crippen LogP contribution in [0.4, 0.5) is 0 Å². The average Bonchev–Trinajstić information content (AvgIpc) is 2.54. The molecule has 1 heterocycles. The van der Waals surface area contributed by atoms with Crippen LogP contribution < -0.4 is 10.1 Å². The van der Waals surface area contributed by atoms with E-state index in [2.05, 4.69) is 5.32 Å². The van der Waals surface area contributed by atoms with Gasteiger partial charge in [0.05, 0.1) is 7.11 Å². The third kappa shape index (κ3) is 3.97. The lowest BCUT2D eigenvalue weighted by molar-refractivity contribution is -0.132. The standard InChI is InChI=1S/C16H22N2O3/c1-3-15(19)18-9-5-7-13(11-18)17-16(20)12-6-4-8-14(10-12)21-2/h4,6,8,10,13H,3,5,7,9,11H2,1-2H3,(H,17,20). The van der Waals surface area contributed by atoms with Crippen molar-refractivity contribution < 1.29 is 14.3 Å². The first kappa shape index (κ1) is 15.4. The summed E-state index contributed by atoms with van der Waals surface area (Å²) in [6.07, 6.45) is 2.34. The van der Waals surface area contributed by atoms with Crippen molar-refractivity contribution >= 4 is 11.8 Å². The van der Waals surface area contributed by atoms with Gasteiger partial charge in [0.15, 0.2) is 0 Å². The zero-order valence-electron chi connectivity index (χ0n) is 12.6. The second-order valence-electron chi connectivity index (χ2n) is 5.24. The third-order valence-electron chi connectivity index (χ3n) is 3.74. The molecule has 21 heavy (non-hydrogen) atoms. The van der Waals surface area contributed by atoms with Crippen molar-refractivity contribution in [3.8, 4) is 5.75 Å². The van der Waals surface area contributed by atoms with Crippen LogP contribution in [0.2, 0.25) is 0 Å². The van der Waals surface area contributed by atoms with Gasteiger partial charge in [-0.3, -0.25) is 9.59 Å². The number of benzene rings is 1. The van der Waals surface area contributed by atoms with Gasteiger partial charge < -0.3 is 15.0 Å². The zero-order chi connectivity index (χ0) is 15.2. The smallest absolute Gasteiger partial charge is 0.251 e. The van der Waals surface area contributed by atoms with Crippen molar-refractivity contribution in [2.75, 3.05) is 20.2 Å². The first-order valence-electron chi connectivity index (χ1n) is 7.36. The van der Waals surface area contributed by atoms with Crippen LogP contribution in [0.15, 0.2) is 24.3 Å². The number of piperidine rings is 1. The van der Waals surface area contributed by atoms with E-state index in [1.165, 1.54) is 0 Å². The summed E-state index contributed by atoms with van der Waals surface area (Å²) in [5.41, 5.74) is 0.577. The fraction of sp³-hybridized carbons (Fsp3) is 0.500. The molecule has 1 aliphatic rings. The largest absolute Gasteiger partial charge is 0.497 e. The third-order valence-corrected chi connectivity index (χ3v) is 3.74. The van der Waals surface area contributed by atoms with Gasteiger partial charge in [-0.1, -0.05) is 13.0 Å². The number of ether oxygens (including phenoxy) is 1. The lowest BCUT2D eigenvalue weighted by atomic mass is 10.0. The topological polar surface area (TPSA) is 58.6 Å². The van der Waals surface area contributed by atoms with Gasteiger partial charge in [-0.05, 0) is 31.0 Å². The lowest BCUT2D eigenvalue weighted by Gasteiger charge is -2.33. The predicted molar refractivity (Wildman–Crippen MR) is 80.4 cm³/mol. The summed E-state index contributed by atoms with van der Waals surface area (Å²) >= 11 is 0. The second kappa shape index (κ2) is 7.11. The highest BCUT2D eigenvalue weighted by Gasteiger charge is 2.24. The van der Waals surface area contributed by atoms with E-state index in [1.54, 1.807) is 31.4 Å². The number of likely N-dealkylation sites (tertiary alicyclic amines) is 1. The summed E-state index contributed by atoms with van der Waals surface area (Å²) in [5, 5.41) is 3.01. The van der Waals surface area contributed by atoms with Crippen LogP contribution in [-0.2, 0) is 4.79 Å². The Morgan fingerprint density at radius 1 is 1.43 bits per heavy atom. The van der Waals surface area contributed by atoms with Gasteiger partial charge in [-0.2, -0.15) is 0 Å². The first-order valence-corrected chi connectivity index (χ1v) is 7.36. The number of carbonyl (C=O) groups is 2. The van der Waals surface area contributed by atoms with Crippen LogP contribution in [0.3, 0.4) is 0 Å². The molecule has 0 spiro atoms. The highest BCUT2D eigenvalue weighted by molar-refractivity contribution is 5.94. The predicted octanol–water partition coefficient (Wildman–Crippen LogP) is 1.83. The molecule has 0 saturated carbocycles. The van der Waals surface area contributed by atoms with Gasteiger partial charge in [0.2, 0.25) is 5.91 Å². The summed E-state index contributed by atoms with van der Waals surface area (Å²) in [6, 6.07) is 7.09. The van der Waals surface area contributed by atoms with Gasteiger partial charge in [0.1, 0.15) is 5.75 Å². The van der Waals surface area contributed by atoms with E-state index in [1.807, 2.05) is 11.8 Å². The Morgan fingerprint density at radius 2 is 2.24 bits per heavy atom. The van der Waals surface area contributed by atoms with Gasteiger partial charge in [0, 0.05) is 31.1 Å². The highest BCUT2D eigenvalue weighted by atomic mass is 16.5. The van der Waals surface area contributed by atoms with Crippen molar-refractivity contribution in [3.63, 3.8) is 0 Å². The van der Waals surface area contributed by atoms with Crippen LogP contribution >= 0.6 is 0 Å². The number of amides is 2. The Morgan fingerprint density at radius 3 is 2.95 bits per heavy atom. The number of methoxy groups -OCH3 is 1. The zero-order valence-corrected chi connectivity index (χ0v) is 12.6. The minimum atomic E-state index is -0.121. The van der Waals surface area contributed by atoms with Crippen LogP contribution in [0.1, 0.15) is 36.5 Å². The Bertz CT molecular complexity index is 516. The van der Waals surface area contributed by atoms with Crippen molar-refractivity contribution in [2.45, 2.75) is 32.2 Å². The van der Waals surface area contributed by atoms with Gasteiger partial charge >= 0.3 is 0 Å². The molecule has 1 fully saturated rings. The minimum absolute atomic E-state index is 0.0213. The first-order chi connectivity index (χ1) is 10.1. The van der Waals surface area contributed by atoms with Crippen molar-refractivity contribution in [3.05, 3.63) is 29.8 Å². The monoisotopic (exact) mass is 290 g/mol. The van der Waals surface area contributed by atoms with Gasteiger partial charge in [-0.15, -0.1) is 0 Å². The van der Waals surface area contributed by atoms with E-state index < -0.39 is 0 Å². The summed E-state index contributed by atoms with van der Waals surface area (Å²) in [4.78, 5) is 25.8. The molecule has 5 heteroatoms. The molecular weight excluding hydrogens is 268 g/mol. The van der Waals surface area contributed by atoms with Crippen LogP contribution in [0.25, 0.3) is 0 Å². The minimum Gasteiger partial charge on any atom is -0.497 e. The van der Waals surface area contributed by atoms with E-state index in [-0.39, 0.29) is 17.9 Å². The van der Waals surface area contributed by atoms with Crippen LogP contribution in [-0.4, -0.2) is 43.0 Å². The summed E-state index contributed by atoms with van der Waals surface area (Å²) < 4.78 is 5.13. The maximum atomic E-state index is 12.3. The van der Waals surface area contributed by atoms with Crippen molar-refractivity contribution in [1.82, 2.24) is 10.2 Å². The molecular formula is C16H22N2O3. The Labute approximate surface area is 125 Å². The number of rotatable bonds is 4. The molecule has 5 nitrogen and oxygen atoms in total. The molecule has 1 atom stereocenters. The number of nitrogens with one attached hydrogen (secondary N) is 1. The lowest BCUT2D eigenvalue weighted by Crippen LogP contribution is -2.49. The molecule has 1 saturated heterocycles. The highest BCUT2D eigenvalue weighted by Crippen LogP contribution is 2.15. The Balaban J connectivity index is 1.97. The average molecular weight is 290 g/mol.